The molecule has 0 saturated carbocycles. The summed E-state index contributed by atoms with van der Waals surface area (Å²) in [7, 11) is -1.67. The first-order chi connectivity index (χ1) is 6.06. The Labute approximate surface area is 112 Å². The molecule has 0 aliphatic rings. The van der Waals surface area contributed by atoms with E-state index in [4.69, 9.17) is 0 Å². The van der Waals surface area contributed by atoms with Crippen molar-refractivity contribution in [2.24, 2.45) is 0 Å². The maximum Gasteiger partial charge on any atom is 1.00 e. The molecule has 1 N–H and O–H groups in total. The molecule has 7 heteroatoms. The van der Waals surface area contributed by atoms with E-state index < -0.39 is 9.15 Å². The van der Waals surface area contributed by atoms with Crippen LogP contribution >= 0.6 is 10.8 Å². The van der Waals surface area contributed by atoms with E-state index in [1.54, 1.807) is 0 Å². The van der Waals surface area contributed by atoms with Crippen LogP contribution in [0.4, 0.5) is 0 Å². The van der Waals surface area contributed by atoms with Crippen LogP contribution in [0, 0.1) is 0 Å². The van der Waals surface area contributed by atoms with Crippen LogP contribution in [0.1, 0.15) is 25.7 Å². The van der Waals surface area contributed by atoms with Crippen LogP contribution in [0.15, 0.2) is 0 Å². The largest absolute Gasteiger partial charge is 1.00 e. The fraction of sp³-hybridized carbons (Fsp3) is 1.00. The van der Waals surface area contributed by atoms with E-state index in [0.717, 1.165) is 32.2 Å². The Morgan fingerprint density at radius 2 is 1.79 bits per heavy atom. The van der Waals surface area contributed by atoms with E-state index in [9.17, 15) is 13.0 Å². The van der Waals surface area contributed by atoms with Crippen LogP contribution in [0.3, 0.4) is 0 Å². The second-order valence-corrected chi connectivity index (χ2v) is 6.14. The summed E-state index contributed by atoms with van der Waals surface area (Å²) < 4.78 is 30.5. The molecule has 0 atom stereocenters. The van der Waals surface area contributed by atoms with E-state index >= 15 is 0 Å². The fourth-order valence-corrected chi connectivity index (χ4v) is 2.41. The summed E-state index contributed by atoms with van der Waals surface area (Å²) in [6.07, 6.45) is 3.98. The smallest absolute Gasteiger partial charge is 0.739 e. The van der Waals surface area contributed by atoms with Gasteiger partial charge in [-0.1, -0.05) is 12.8 Å². The summed E-state index contributed by atoms with van der Waals surface area (Å²) in [6, 6.07) is 0. The average Bonchev–Trinajstić information content (AvgIpc) is 2.01. The fourth-order valence-electron chi connectivity index (χ4n) is 0.918. The van der Waals surface area contributed by atoms with E-state index in [1.165, 1.54) is 0 Å². The molecule has 0 aromatic rings. The van der Waals surface area contributed by atoms with Crippen LogP contribution < -0.4 is 34.9 Å². The quantitative estimate of drug-likeness (QED) is 0.232. The minimum Gasteiger partial charge on any atom is -0.739 e. The summed E-state index contributed by atoms with van der Waals surface area (Å²) in [4.78, 5) is 0. The molecule has 0 fully saturated rings. The number of rotatable bonds is 8. The predicted molar refractivity (Wildman–Crippen MR) is 54.5 cm³/mol. The van der Waals surface area contributed by atoms with Crippen molar-refractivity contribution in [3.63, 3.8) is 0 Å². The van der Waals surface area contributed by atoms with Crippen molar-refractivity contribution in [3.8, 4) is 0 Å². The van der Waals surface area contributed by atoms with Gasteiger partial charge in [0, 0.05) is 5.75 Å². The summed E-state index contributed by atoms with van der Waals surface area (Å²) in [5.74, 6) is 0.422. The Balaban J connectivity index is 0. The van der Waals surface area contributed by atoms with Gasteiger partial charge in [-0.3, -0.25) is 0 Å². The molecule has 0 heterocycles. The Hall–Kier alpha value is 1.22. The van der Waals surface area contributed by atoms with Gasteiger partial charge >= 0.3 is 29.6 Å². The van der Waals surface area contributed by atoms with Crippen molar-refractivity contribution in [2.75, 3.05) is 19.3 Å². The Bertz CT molecular complexity index is 209. The third-order valence-electron chi connectivity index (χ3n) is 1.55. The van der Waals surface area contributed by atoms with Crippen molar-refractivity contribution in [2.45, 2.75) is 25.7 Å². The number of hydrogen-bond donors (Lipinski definition) is 1. The van der Waals surface area contributed by atoms with E-state index in [1.807, 2.05) is 7.05 Å². The van der Waals surface area contributed by atoms with Crippen molar-refractivity contribution in [3.05, 3.63) is 0 Å². The third kappa shape index (κ3) is 15.7. The zero-order valence-corrected chi connectivity index (χ0v) is 12.4. The summed E-state index contributed by atoms with van der Waals surface area (Å²) in [5.41, 5.74) is 0. The van der Waals surface area contributed by atoms with Gasteiger partial charge < -0.3 is 9.87 Å². The topological polar surface area (TPSA) is 69.2 Å². The Morgan fingerprint density at radius 1 is 1.21 bits per heavy atom. The molecule has 0 aliphatic carbocycles. The van der Waals surface area contributed by atoms with E-state index in [0.29, 0.717) is 16.5 Å². The van der Waals surface area contributed by atoms with Gasteiger partial charge in [-0.15, -0.1) is 0 Å². The molecule has 0 radical (unpaired) electrons. The van der Waals surface area contributed by atoms with Crippen LogP contribution in [-0.2, 0) is 9.15 Å². The second kappa shape index (κ2) is 10.7. The van der Waals surface area contributed by atoms with Gasteiger partial charge in [0.2, 0.25) is 0 Å². The minimum atomic E-state index is -4.07. The van der Waals surface area contributed by atoms with E-state index in [-0.39, 0.29) is 29.6 Å². The molecule has 0 amide bonds. The zero-order valence-electron chi connectivity index (χ0n) is 8.78. The van der Waals surface area contributed by atoms with Crippen LogP contribution in [-0.4, -0.2) is 32.3 Å². The van der Waals surface area contributed by atoms with Crippen LogP contribution in [0.5, 0.6) is 0 Å². The van der Waals surface area contributed by atoms with Crippen molar-refractivity contribution >= 4 is 19.9 Å². The monoisotopic (exact) mass is 249 g/mol. The molecule has 0 aromatic carbocycles. The average molecular weight is 249 g/mol. The molecule has 4 nitrogen and oxygen atoms in total. The number of unbranched alkanes of at least 4 members (excludes halogenated alkanes) is 3. The van der Waals surface area contributed by atoms with Crippen molar-refractivity contribution in [1.29, 1.82) is 0 Å². The molecule has 0 aromatic heterocycles. The molecule has 0 spiro atoms. The molecule has 0 bridgehead atoms. The molecule has 0 saturated heterocycles. The van der Waals surface area contributed by atoms with Crippen LogP contribution in [0.2, 0.25) is 0 Å². The number of nitrogens with one attached hydrogen (secondary N) is 1. The molecule has 0 rings (SSSR count). The summed E-state index contributed by atoms with van der Waals surface area (Å²) >= 11 is 0. The van der Waals surface area contributed by atoms with Gasteiger partial charge in [-0.05, 0) is 37.2 Å². The van der Waals surface area contributed by atoms with E-state index in [2.05, 4.69) is 5.32 Å². The summed E-state index contributed by atoms with van der Waals surface area (Å²) in [6.45, 7) is 0.993. The van der Waals surface area contributed by atoms with Gasteiger partial charge in [0.1, 0.15) is 9.15 Å². The molecule has 14 heavy (non-hydrogen) atoms. The molecular weight excluding hydrogens is 233 g/mol. The molecule has 0 unspecified atom stereocenters. The maximum atomic E-state index is 10.2. The minimum absolute atomic E-state index is 0. The van der Waals surface area contributed by atoms with Gasteiger partial charge in [-0.25, -0.2) is 8.42 Å². The molecule has 80 valence electrons. The van der Waals surface area contributed by atoms with Crippen LogP contribution in [0.25, 0.3) is 0 Å². The first-order valence-corrected chi connectivity index (χ1v) is 7.22. The summed E-state index contributed by atoms with van der Waals surface area (Å²) in [5, 5.41) is 3.03. The van der Waals surface area contributed by atoms with Gasteiger partial charge in [0.15, 0.2) is 0 Å². The molecular formula is C7H16NNaO3S2. The second-order valence-electron chi connectivity index (χ2n) is 2.75. The predicted octanol–water partition coefficient (Wildman–Crippen LogP) is -2.04. The Morgan fingerprint density at radius 3 is 2.29 bits per heavy atom. The SMILES string of the molecule is CNCCCCCCSS(=O)(=O)[O-].[Na+]. The maximum absolute atomic E-state index is 10.2. The van der Waals surface area contributed by atoms with Gasteiger partial charge in [0.25, 0.3) is 0 Å². The van der Waals surface area contributed by atoms with Gasteiger partial charge in [0.05, 0.1) is 0 Å². The van der Waals surface area contributed by atoms with Gasteiger partial charge in [-0.2, -0.15) is 0 Å². The normalized spacial score (nSPS) is 11.0. The number of hydrogen-bond acceptors (Lipinski definition) is 5. The standard InChI is InChI=1S/C7H17NO3S2.Na/c1-8-6-4-2-3-5-7-12-13(9,10)11;/h8H,2-7H2,1H3,(H,9,10,11);/q;+1/p-1. The molecule has 0 aliphatic heterocycles. The van der Waals surface area contributed by atoms with Crippen molar-refractivity contribution < 1.29 is 42.5 Å². The first kappa shape index (κ1) is 17.6. The zero-order chi connectivity index (χ0) is 10.2. The third-order valence-corrected chi connectivity index (χ3v) is 3.66. The first-order valence-electron chi connectivity index (χ1n) is 4.31. The van der Waals surface area contributed by atoms with Crippen molar-refractivity contribution in [1.82, 2.24) is 5.32 Å². The Kier molecular flexibility index (Phi) is 13.5.